The monoisotopic (exact) mass is 272 g/mol. The smallest absolute Gasteiger partial charge is 0.163 e. The van der Waals surface area contributed by atoms with Crippen LogP contribution in [-0.2, 0) is 0 Å². The predicted molar refractivity (Wildman–Crippen MR) is 78.6 cm³/mol. The molecule has 0 aliphatic carbocycles. The average Bonchev–Trinajstić information content (AvgIpc) is 2.45. The lowest BCUT2D eigenvalue weighted by Gasteiger charge is -2.08. The standard InChI is InChI=1S/C15H20N4O/c1-10(2)14-17-11(3)18-15(19-14)12-4-6-13(7-5-12)20-9-8-16/h4-7,10H,8-9,16H2,1-3H3. The van der Waals surface area contributed by atoms with Crippen molar-refractivity contribution in [1.82, 2.24) is 15.0 Å². The minimum Gasteiger partial charge on any atom is -0.492 e. The van der Waals surface area contributed by atoms with Crippen molar-refractivity contribution in [3.8, 4) is 17.1 Å². The quantitative estimate of drug-likeness (QED) is 0.904. The van der Waals surface area contributed by atoms with E-state index in [1.54, 1.807) is 0 Å². The van der Waals surface area contributed by atoms with Crippen molar-refractivity contribution in [3.05, 3.63) is 35.9 Å². The van der Waals surface area contributed by atoms with E-state index < -0.39 is 0 Å². The zero-order chi connectivity index (χ0) is 14.5. The first-order chi connectivity index (χ1) is 9.60. The predicted octanol–water partition coefficient (Wildman–Crippen LogP) is 2.31. The molecule has 0 aliphatic heterocycles. The van der Waals surface area contributed by atoms with E-state index in [0.29, 0.717) is 19.0 Å². The highest BCUT2D eigenvalue weighted by Gasteiger charge is 2.09. The Bertz CT molecular complexity index is 567. The number of hydrogen-bond acceptors (Lipinski definition) is 5. The average molecular weight is 272 g/mol. The Morgan fingerprint density at radius 1 is 1.10 bits per heavy atom. The maximum absolute atomic E-state index is 5.45. The highest BCUT2D eigenvalue weighted by molar-refractivity contribution is 5.56. The molecular formula is C15H20N4O. The van der Waals surface area contributed by atoms with Crippen molar-refractivity contribution in [3.63, 3.8) is 0 Å². The first kappa shape index (κ1) is 14.4. The second-order valence-electron chi connectivity index (χ2n) is 4.88. The second kappa shape index (κ2) is 6.43. The fourth-order valence-electron chi connectivity index (χ4n) is 1.77. The van der Waals surface area contributed by atoms with E-state index in [4.69, 9.17) is 10.5 Å². The number of nitrogens with two attached hydrogens (primary N) is 1. The molecule has 0 spiro atoms. The van der Waals surface area contributed by atoms with Crippen LogP contribution in [0.4, 0.5) is 0 Å². The summed E-state index contributed by atoms with van der Waals surface area (Å²) in [4.78, 5) is 13.3. The first-order valence-electron chi connectivity index (χ1n) is 6.76. The second-order valence-corrected chi connectivity index (χ2v) is 4.88. The molecule has 2 aromatic rings. The van der Waals surface area contributed by atoms with Crippen molar-refractivity contribution in [2.45, 2.75) is 26.7 Å². The Morgan fingerprint density at radius 2 is 1.80 bits per heavy atom. The van der Waals surface area contributed by atoms with Crippen LogP contribution in [0.3, 0.4) is 0 Å². The Kier molecular flexibility index (Phi) is 4.63. The first-order valence-corrected chi connectivity index (χ1v) is 6.76. The summed E-state index contributed by atoms with van der Waals surface area (Å²) in [5.74, 6) is 3.33. The normalized spacial score (nSPS) is 10.8. The molecule has 0 bridgehead atoms. The number of rotatable bonds is 5. The summed E-state index contributed by atoms with van der Waals surface area (Å²) in [6.45, 7) is 7.05. The number of nitrogens with zero attached hydrogens (tertiary/aromatic N) is 3. The minimum atomic E-state index is 0.280. The van der Waals surface area contributed by atoms with Crippen LogP contribution in [0, 0.1) is 6.92 Å². The molecule has 1 heterocycles. The van der Waals surface area contributed by atoms with Gasteiger partial charge in [0.05, 0.1) is 0 Å². The topological polar surface area (TPSA) is 73.9 Å². The Hall–Kier alpha value is -2.01. The van der Waals surface area contributed by atoms with Crippen molar-refractivity contribution >= 4 is 0 Å². The lowest BCUT2D eigenvalue weighted by molar-refractivity contribution is 0.328. The van der Waals surface area contributed by atoms with Crippen LogP contribution in [0.5, 0.6) is 5.75 Å². The maximum atomic E-state index is 5.45. The van der Waals surface area contributed by atoms with E-state index >= 15 is 0 Å². The molecule has 2 rings (SSSR count). The van der Waals surface area contributed by atoms with Gasteiger partial charge >= 0.3 is 0 Å². The van der Waals surface area contributed by atoms with Gasteiger partial charge in [0.15, 0.2) is 5.82 Å². The zero-order valence-corrected chi connectivity index (χ0v) is 12.1. The summed E-state index contributed by atoms with van der Waals surface area (Å²) in [5.41, 5.74) is 6.36. The molecule has 1 aromatic carbocycles. The van der Waals surface area contributed by atoms with Gasteiger partial charge in [-0.2, -0.15) is 0 Å². The van der Waals surface area contributed by atoms with Crippen LogP contribution in [0.1, 0.15) is 31.4 Å². The summed E-state index contributed by atoms with van der Waals surface area (Å²) in [6, 6.07) is 7.70. The molecule has 5 nitrogen and oxygen atoms in total. The lowest BCUT2D eigenvalue weighted by atomic mass is 10.2. The molecule has 0 unspecified atom stereocenters. The van der Waals surface area contributed by atoms with Crippen LogP contribution >= 0.6 is 0 Å². The molecule has 1 aromatic heterocycles. The number of aromatic nitrogens is 3. The molecule has 0 saturated heterocycles. The molecule has 106 valence electrons. The zero-order valence-electron chi connectivity index (χ0n) is 12.1. The Balaban J connectivity index is 2.27. The van der Waals surface area contributed by atoms with Gasteiger partial charge in [-0.15, -0.1) is 0 Å². The maximum Gasteiger partial charge on any atom is 0.163 e. The summed E-state index contributed by atoms with van der Waals surface area (Å²) in [7, 11) is 0. The van der Waals surface area contributed by atoms with E-state index in [0.717, 1.165) is 23.0 Å². The molecular weight excluding hydrogens is 252 g/mol. The molecule has 0 amide bonds. The minimum absolute atomic E-state index is 0.280. The SMILES string of the molecule is Cc1nc(-c2ccc(OCCN)cc2)nc(C(C)C)n1. The van der Waals surface area contributed by atoms with Crippen LogP contribution in [0.25, 0.3) is 11.4 Å². The van der Waals surface area contributed by atoms with Gasteiger partial charge in [-0.1, -0.05) is 13.8 Å². The molecule has 0 radical (unpaired) electrons. The van der Waals surface area contributed by atoms with Crippen LogP contribution < -0.4 is 10.5 Å². The third-order valence-corrected chi connectivity index (χ3v) is 2.78. The molecule has 0 saturated carbocycles. The van der Waals surface area contributed by atoms with Crippen LogP contribution in [-0.4, -0.2) is 28.1 Å². The van der Waals surface area contributed by atoms with Gasteiger partial charge in [0, 0.05) is 18.0 Å². The lowest BCUT2D eigenvalue weighted by Crippen LogP contribution is -2.10. The number of aryl methyl sites for hydroxylation is 1. The fourth-order valence-corrected chi connectivity index (χ4v) is 1.77. The summed E-state index contributed by atoms with van der Waals surface area (Å²) < 4.78 is 5.45. The third kappa shape index (κ3) is 3.51. The van der Waals surface area contributed by atoms with Gasteiger partial charge in [-0.25, -0.2) is 15.0 Å². The van der Waals surface area contributed by atoms with Gasteiger partial charge in [0.2, 0.25) is 0 Å². The number of benzene rings is 1. The van der Waals surface area contributed by atoms with Gasteiger partial charge < -0.3 is 10.5 Å². The molecule has 0 fully saturated rings. The summed E-state index contributed by atoms with van der Waals surface area (Å²) in [5, 5.41) is 0. The largest absolute Gasteiger partial charge is 0.492 e. The summed E-state index contributed by atoms with van der Waals surface area (Å²) >= 11 is 0. The molecule has 2 N–H and O–H groups in total. The third-order valence-electron chi connectivity index (χ3n) is 2.78. The molecule has 5 heteroatoms. The highest BCUT2D eigenvalue weighted by Crippen LogP contribution is 2.20. The van der Waals surface area contributed by atoms with Crippen molar-refractivity contribution in [2.24, 2.45) is 5.73 Å². The van der Waals surface area contributed by atoms with Crippen molar-refractivity contribution < 1.29 is 4.74 Å². The van der Waals surface area contributed by atoms with Gasteiger partial charge in [-0.3, -0.25) is 0 Å². The van der Waals surface area contributed by atoms with E-state index in [1.165, 1.54) is 0 Å². The van der Waals surface area contributed by atoms with Crippen LogP contribution in [0.15, 0.2) is 24.3 Å². The van der Waals surface area contributed by atoms with E-state index in [-0.39, 0.29) is 5.92 Å². The van der Waals surface area contributed by atoms with E-state index in [1.807, 2.05) is 31.2 Å². The van der Waals surface area contributed by atoms with E-state index in [2.05, 4.69) is 28.8 Å². The van der Waals surface area contributed by atoms with Crippen molar-refractivity contribution in [2.75, 3.05) is 13.2 Å². The van der Waals surface area contributed by atoms with Gasteiger partial charge in [-0.05, 0) is 31.2 Å². The number of hydrogen-bond donors (Lipinski definition) is 1. The summed E-state index contributed by atoms with van der Waals surface area (Å²) in [6.07, 6.45) is 0. The Morgan fingerprint density at radius 3 is 2.40 bits per heavy atom. The molecule has 0 atom stereocenters. The molecule has 0 aliphatic rings. The van der Waals surface area contributed by atoms with Gasteiger partial charge in [0.25, 0.3) is 0 Å². The Labute approximate surface area is 119 Å². The molecule has 20 heavy (non-hydrogen) atoms. The number of ether oxygens (including phenoxy) is 1. The highest BCUT2D eigenvalue weighted by atomic mass is 16.5. The van der Waals surface area contributed by atoms with Gasteiger partial charge in [0.1, 0.15) is 24.0 Å². The fraction of sp³-hybridized carbons (Fsp3) is 0.400. The van der Waals surface area contributed by atoms with Crippen molar-refractivity contribution in [1.29, 1.82) is 0 Å². The van der Waals surface area contributed by atoms with E-state index in [9.17, 15) is 0 Å². The van der Waals surface area contributed by atoms with Crippen LogP contribution in [0.2, 0.25) is 0 Å².